The van der Waals surface area contributed by atoms with Crippen molar-refractivity contribution in [2.24, 2.45) is 0 Å². The normalized spacial score (nSPS) is 10.9. The van der Waals surface area contributed by atoms with Gasteiger partial charge in [0.1, 0.15) is 0 Å². The Balaban J connectivity index is 2.16. The Labute approximate surface area is 108 Å². The largest absolute Gasteiger partial charge is 0.213 e. The summed E-state index contributed by atoms with van der Waals surface area (Å²) < 4.78 is 2.34. The van der Waals surface area contributed by atoms with E-state index in [1.807, 2.05) is 11.8 Å². The lowest BCUT2D eigenvalue weighted by Gasteiger charge is -2.02. The van der Waals surface area contributed by atoms with Gasteiger partial charge < -0.3 is 0 Å². The Kier molecular flexibility index (Phi) is 4.43. The van der Waals surface area contributed by atoms with Crippen molar-refractivity contribution in [3.8, 4) is 0 Å². The van der Waals surface area contributed by atoms with Crippen molar-refractivity contribution in [1.82, 2.24) is 0 Å². The maximum absolute atomic E-state index is 2.34. The number of pyridine rings is 1. The van der Waals surface area contributed by atoms with Gasteiger partial charge in [0.25, 0.3) is 0 Å². The fraction of sp³-hybridized carbons (Fsp3) is 0.400. The smallest absolute Gasteiger partial charge is 0.189 e. The van der Waals surface area contributed by atoms with Crippen LogP contribution in [0.15, 0.2) is 36.5 Å². The number of benzene rings is 1. The number of hydrogen-bond acceptors (Lipinski definition) is 1. The van der Waals surface area contributed by atoms with Crippen LogP contribution in [0, 0.1) is 6.92 Å². The monoisotopic (exact) mass is 246 g/mol. The van der Waals surface area contributed by atoms with Gasteiger partial charge in [-0.05, 0) is 31.2 Å². The summed E-state index contributed by atoms with van der Waals surface area (Å²) in [6.45, 7) is 4.39. The molecule has 2 heteroatoms. The lowest BCUT2D eigenvalue weighted by atomic mass is 10.1. The molecule has 0 aliphatic heterocycles. The number of thioether (sulfide) groups is 1. The number of unbranched alkanes of at least 4 members (excludes halogenated alkanes) is 1. The molecule has 2 aromatic rings. The summed E-state index contributed by atoms with van der Waals surface area (Å²) in [4.78, 5) is 0. The first kappa shape index (κ1) is 12.4. The van der Waals surface area contributed by atoms with Gasteiger partial charge >= 0.3 is 0 Å². The molecule has 1 nitrogen and oxygen atoms in total. The van der Waals surface area contributed by atoms with Crippen molar-refractivity contribution >= 4 is 22.7 Å². The summed E-state index contributed by atoms with van der Waals surface area (Å²) in [5.41, 5.74) is 2.66. The Morgan fingerprint density at radius 2 is 2.12 bits per heavy atom. The summed E-state index contributed by atoms with van der Waals surface area (Å²) in [5, 5.41) is 1.34. The van der Waals surface area contributed by atoms with Crippen LogP contribution in [0.25, 0.3) is 10.9 Å². The summed E-state index contributed by atoms with van der Waals surface area (Å²) >= 11 is 2.01. The average Bonchev–Trinajstić information content (AvgIpc) is 2.34. The predicted molar refractivity (Wildman–Crippen MR) is 76.2 cm³/mol. The summed E-state index contributed by atoms with van der Waals surface area (Å²) in [7, 11) is 0. The molecule has 17 heavy (non-hydrogen) atoms. The molecule has 0 amide bonds. The molecule has 1 heterocycles. The van der Waals surface area contributed by atoms with Gasteiger partial charge in [-0.1, -0.05) is 36.7 Å². The molecule has 0 aliphatic carbocycles. The van der Waals surface area contributed by atoms with Crippen LogP contribution in [0.4, 0.5) is 0 Å². The van der Waals surface area contributed by atoms with Crippen LogP contribution in [-0.2, 0) is 5.88 Å². The van der Waals surface area contributed by atoms with Crippen molar-refractivity contribution in [3.05, 3.63) is 42.1 Å². The lowest BCUT2D eigenvalue weighted by molar-refractivity contribution is -0.649. The molecular formula is C15H20NS+. The van der Waals surface area contributed by atoms with Gasteiger partial charge in [0.15, 0.2) is 12.1 Å². The Hall–Kier alpha value is -1.02. The molecule has 0 atom stereocenters. The minimum atomic E-state index is 1.06. The van der Waals surface area contributed by atoms with Gasteiger partial charge in [-0.2, -0.15) is 4.57 Å². The van der Waals surface area contributed by atoms with Gasteiger partial charge in [0.2, 0.25) is 5.52 Å². The highest BCUT2D eigenvalue weighted by Gasteiger charge is 2.07. The molecule has 0 radical (unpaired) electrons. The fourth-order valence-corrected chi connectivity index (χ4v) is 2.97. The molecule has 0 spiro atoms. The van der Waals surface area contributed by atoms with E-state index in [1.54, 1.807) is 0 Å². The first-order valence-corrected chi connectivity index (χ1v) is 7.43. The zero-order valence-electron chi connectivity index (χ0n) is 10.6. The van der Waals surface area contributed by atoms with E-state index >= 15 is 0 Å². The van der Waals surface area contributed by atoms with E-state index < -0.39 is 0 Å². The highest BCUT2D eigenvalue weighted by molar-refractivity contribution is 7.98. The first-order chi connectivity index (χ1) is 8.31. The van der Waals surface area contributed by atoms with Crippen molar-refractivity contribution in [2.45, 2.75) is 32.6 Å². The highest BCUT2D eigenvalue weighted by Crippen LogP contribution is 2.13. The van der Waals surface area contributed by atoms with E-state index in [4.69, 9.17) is 0 Å². The van der Waals surface area contributed by atoms with E-state index in [1.165, 1.54) is 35.1 Å². The van der Waals surface area contributed by atoms with E-state index in [9.17, 15) is 0 Å². The maximum atomic E-state index is 2.34. The quantitative estimate of drug-likeness (QED) is 0.571. The molecule has 0 fully saturated rings. The molecule has 1 aromatic heterocycles. The topological polar surface area (TPSA) is 3.88 Å². The Bertz CT molecular complexity index is 493. The third-order valence-electron chi connectivity index (χ3n) is 2.91. The molecule has 2 rings (SSSR count). The standard InChI is InChI=1S/C15H20NS/c1-3-4-10-17-12-16-9-5-6-14-11-13(2)7-8-15(14)16/h5-9,11H,3-4,10,12H2,1-2H3/q+1. The second-order valence-corrected chi connectivity index (χ2v) is 5.51. The zero-order chi connectivity index (χ0) is 12.1. The number of aryl methyl sites for hydroxylation is 1. The predicted octanol–water partition coefficient (Wildman–Crippen LogP) is 3.93. The zero-order valence-corrected chi connectivity index (χ0v) is 11.5. The van der Waals surface area contributed by atoms with Crippen LogP contribution in [-0.4, -0.2) is 5.75 Å². The summed E-state index contributed by atoms with van der Waals surface area (Å²) in [6.07, 6.45) is 4.78. The van der Waals surface area contributed by atoms with Crippen molar-refractivity contribution < 1.29 is 4.57 Å². The molecule has 1 aromatic carbocycles. The number of aromatic nitrogens is 1. The SMILES string of the molecule is CCCCSC[n+]1cccc2cc(C)ccc21. The molecule has 0 N–H and O–H groups in total. The third kappa shape index (κ3) is 3.22. The minimum absolute atomic E-state index is 1.06. The molecular weight excluding hydrogens is 226 g/mol. The number of nitrogens with zero attached hydrogens (tertiary/aromatic N) is 1. The molecule has 0 bridgehead atoms. The van der Waals surface area contributed by atoms with E-state index in [0.29, 0.717) is 0 Å². The van der Waals surface area contributed by atoms with Gasteiger partial charge in [-0.3, -0.25) is 0 Å². The van der Waals surface area contributed by atoms with Crippen LogP contribution in [0.5, 0.6) is 0 Å². The second-order valence-electron chi connectivity index (χ2n) is 4.43. The van der Waals surface area contributed by atoms with E-state index in [2.05, 4.69) is 54.9 Å². The maximum Gasteiger partial charge on any atom is 0.213 e. The van der Waals surface area contributed by atoms with E-state index in [-0.39, 0.29) is 0 Å². The highest BCUT2D eigenvalue weighted by atomic mass is 32.2. The van der Waals surface area contributed by atoms with Gasteiger partial charge in [0.05, 0.1) is 0 Å². The Morgan fingerprint density at radius 3 is 2.94 bits per heavy atom. The molecule has 0 saturated carbocycles. The van der Waals surface area contributed by atoms with Crippen LogP contribution >= 0.6 is 11.8 Å². The van der Waals surface area contributed by atoms with Crippen molar-refractivity contribution in [3.63, 3.8) is 0 Å². The van der Waals surface area contributed by atoms with Gasteiger partial charge in [0, 0.05) is 17.5 Å². The van der Waals surface area contributed by atoms with Gasteiger partial charge in [-0.15, -0.1) is 0 Å². The third-order valence-corrected chi connectivity index (χ3v) is 3.94. The van der Waals surface area contributed by atoms with Crippen LogP contribution in [0.1, 0.15) is 25.3 Å². The first-order valence-electron chi connectivity index (χ1n) is 6.28. The van der Waals surface area contributed by atoms with Crippen molar-refractivity contribution in [1.29, 1.82) is 0 Å². The van der Waals surface area contributed by atoms with Crippen molar-refractivity contribution in [2.75, 3.05) is 5.75 Å². The minimum Gasteiger partial charge on any atom is -0.189 e. The van der Waals surface area contributed by atoms with E-state index in [0.717, 1.165) is 5.88 Å². The van der Waals surface area contributed by atoms with Crippen LogP contribution in [0.3, 0.4) is 0 Å². The molecule has 90 valence electrons. The van der Waals surface area contributed by atoms with Crippen LogP contribution < -0.4 is 4.57 Å². The second kappa shape index (κ2) is 6.06. The molecule has 0 saturated heterocycles. The number of rotatable bonds is 5. The average molecular weight is 246 g/mol. The molecule has 0 aliphatic rings. The van der Waals surface area contributed by atoms with Gasteiger partial charge in [-0.25, -0.2) is 0 Å². The summed E-state index contributed by atoms with van der Waals surface area (Å²) in [5.74, 6) is 2.31. The Morgan fingerprint density at radius 1 is 1.24 bits per heavy atom. The lowest BCUT2D eigenvalue weighted by Crippen LogP contribution is -2.32. The summed E-state index contributed by atoms with van der Waals surface area (Å²) in [6, 6.07) is 11.0. The number of fused-ring (bicyclic) bond motifs is 1. The fourth-order valence-electron chi connectivity index (χ4n) is 1.92. The number of hydrogen-bond donors (Lipinski definition) is 0. The molecule has 0 unspecified atom stereocenters. The van der Waals surface area contributed by atoms with Crippen LogP contribution in [0.2, 0.25) is 0 Å².